The second-order valence-corrected chi connectivity index (χ2v) is 12.3. The van der Waals surface area contributed by atoms with Crippen molar-refractivity contribution in [3.63, 3.8) is 0 Å². The first-order chi connectivity index (χ1) is 19.2. The first-order valence-electron chi connectivity index (χ1n) is 13.3. The molecule has 216 valence electrons. The molecule has 0 spiro atoms. The number of ether oxygens (including phenoxy) is 1. The van der Waals surface area contributed by atoms with E-state index < -0.39 is 7.05 Å². The highest BCUT2D eigenvalue weighted by Crippen LogP contribution is 2.27. The number of carbonyl (C=O) groups is 1. The third-order valence-corrected chi connectivity index (χ3v) is 6.48. The summed E-state index contributed by atoms with van der Waals surface area (Å²) < 4.78 is 6.92. The third-order valence-electron chi connectivity index (χ3n) is 5.42. The molecule has 0 aromatic heterocycles. The number of esters is 1. The molecule has 0 atom stereocenters. The molecule has 0 heterocycles. The van der Waals surface area contributed by atoms with Gasteiger partial charge in [0.25, 0.3) is 0 Å². The average molecular weight is 682 g/mol. The van der Waals surface area contributed by atoms with Gasteiger partial charge in [0.1, 0.15) is 5.60 Å². The van der Waals surface area contributed by atoms with Crippen LogP contribution in [0, 0.1) is 13.8 Å². The van der Waals surface area contributed by atoms with Gasteiger partial charge in [-0.3, -0.25) is 4.79 Å². The van der Waals surface area contributed by atoms with Crippen LogP contribution in [-0.4, -0.2) is 23.6 Å². The molecule has 2 N–H and O–H groups in total. The van der Waals surface area contributed by atoms with Gasteiger partial charge in [-0.05, 0) is 114 Å². The number of benzene rings is 4. The van der Waals surface area contributed by atoms with Crippen LogP contribution in [0.2, 0.25) is 6.82 Å². The van der Waals surface area contributed by atoms with Gasteiger partial charge in [-0.15, -0.1) is 0 Å². The van der Waals surface area contributed by atoms with E-state index in [1.54, 1.807) is 6.82 Å². The van der Waals surface area contributed by atoms with E-state index in [1.807, 2.05) is 98.4 Å². The molecule has 4 rings (SSSR count). The van der Waals surface area contributed by atoms with Gasteiger partial charge in [0.15, 0.2) is 0 Å². The average Bonchev–Trinajstić information content (AvgIpc) is 2.88. The second kappa shape index (κ2) is 16.4. The highest BCUT2D eigenvalue weighted by Gasteiger charge is 2.18. The summed E-state index contributed by atoms with van der Waals surface area (Å²) in [6, 6.07) is 32.5. The fraction of sp³-hybridized carbons (Fsp3) is 0.242. The van der Waals surface area contributed by atoms with Crippen molar-refractivity contribution in [3.8, 4) is 0 Å². The zero-order valence-electron chi connectivity index (χ0n) is 24.8. The molecule has 0 aliphatic heterocycles. The molecule has 0 bridgehead atoms. The van der Waals surface area contributed by atoms with Crippen LogP contribution in [0.4, 0.5) is 22.7 Å². The number of rotatable bonds is 5. The maximum Gasteiger partial charge on any atom is 0.414 e. The van der Waals surface area contributed by atoms with Crippen molar-refractivity contribution in [3.05, 3.63) is 117 Å². The molecule has 0 unspecified atom stereocenters. The Hall–Kier alpha value is -3.07. The van der Waals surface area contributed by atoms with Crippen LogP contribution in [0.15, 0.2) is 106 Å². The van der Waals surface area contributed by atoms with E-state index in [4.69, 9.17) is 4.74 Å². The van der Waals surface area contributed by atoms with Crippen molar-refractivity contribution in [2.75, 3.05) is 10.1 Å². The smallest absolute Gasteiger partial charge is 0.414 e. The summed E-state index contributed by atoms with van der Waals surface area (Å²) in [5.74, 6) is -0.225. The Kier molecular flexibility index (Phi) is 13.7. The monoisotopic (exact) mass is 680 g/mol. The van der Waals surface area contributed by atoms with Gasteiger partial charge >= 0.3 is 13.0 Å². The van der Waals surface area contributed by atoms with Gasteiger partial charge in [0.2, 0.25) is 0 Å². The van der Waals surface area contributed by atoms with Crippen molar-refractivity contribution < 1.29 is 14.6 Å². The first kappa shape index (κ1) is 34.1. The summed E-state index contributed by atoms with van der Waals surface area (Å²) in [4.78, 5) is 12.1. The second-order valence-electron chi connectivity index (χ2n) is 10.5. The molecule has 0 aliphatic rings. The fourth-order valence-electron chi connectivity index (χ4n) is 3.66. The lowest BCUT2D eigenvalue weighted by Gasteiger charge is -2.26. The third kappa shape index (κ3) is 13.4. The van der Waals surface area contributed by atoms with Gasteiger partial charge in [-0.2, -0.15) is 0 Å². The van der Waals surface area contributed by atoms with E-state index in [1.165, 1.54) is 18.1 Å². The molecule has 41 heavy (non-hydrogen) atoms. The summed E-state index contributed by atoms with van der Waals surface area (Å²) in [6.45, 7) is 12.8. The fourth-order valence-corrected chi connectivity index (χ4v) is 4.18. The van der Waals surface area contributed by atoms with Crippen LogP contribution in [0.1, 0.15) is 38.8 Å². The van der Waals surface area contributed by atoms with Gasteiger partial charge in [-0.25, -0.2) is 0 Å². The number of halogens is 2. The molecule has 8 heteroatoms. The summed E-state index contributed by atoms with van der Waals surface area (Å²) in [5.41, 5.74) is 6.32. The standard InChI is InChI=1S/C14H15BBrNO.C13H12BrN.C6H12O2/c1-11-3-7-13(8-4-11)17(15(2)18)14-9-5-12(16)6-10-14;1-10-2-6-12(7-3-10)15-13-8-4-11(14)5-9-13;1-5(7)8-6(2,3)4/h3-10,18H,1-2H3;2-9,15H,1H3;1-4H3. The van der Waals surface area contributed by atoms with Gasteiger partial charge in [0.05, 0.1) is 0 Å². The molecule has 4 aromatic carbocycles. The lowest BCUT2D eigenvalue weighted by atomic mass is 9.83. The first-order valence-corrected chi connectivity index (χ1v) is 14.9. The lowest BCUT2D eigenvalue weighted by molar-refractivity contribution is -0.151. The number of hydrogen-bond acceptors (Lipinski definition) is 5. The van der Waals surface area contributed by atoms with E-state index in [9.17, 15) is 9.82 Å². The van der Waals surface area contributed by atoms with Crippen LogP contribution in [0.25, 0.3) is 0 Å². The normalized spacial score (nSPS) is 10.3. The molecule has 0 radical (unpaired) electrons. The van der Waals surface area contributed by atoms with Crippen LogP contribution in [-0.2, 0) is 9.53 Å². The summed E-state index contributed by atoms with van der Waals surface area (Å²) in [7, 11) is -0.575. The minimum Gasteiger partial charge on any atom is -0.460 e. The van der Waals surface area contributed by atoms with Gasteiger partial charge < -0.3 is 19.9 Å². The van der Waals surface area contributed by atoms with E-state index >= 15 is 0 Å². The maximum absolute atomic E-state index is 10.2. The molecular weight excluding hydrogens is 643 g/mol. The molecule has 0 fully saturated rings. The van der Waals surface area contributed by atoms with Crippen molar-refractivity contribution in [2.45, 2.75) is 54.0 Å². The number of aryl methyl sites for hydroxylation is 2. The Labute approximate surface area is 262 Å². The largest absolute Gasteiger partial charge is 0.460 e. The lowest BCUT2D eigenvalue weighted by Crippen LogP contribution is -2.32. The Balaban J connectivity index is 0.000000232. The van der Waals surface area contributed by atoms with E-state index in [2.05, 4.69) is 75.3 Å². The van der Waals surface area contributed by atoms with Gasteiger partial charge in [-0.1, -0.05) is 67.3 Å². The molecule has 5 nitrogen and oxygen atoms in total. The molecule has 0 amide bonds. The minimum absolute atomic E-state index is 0.225. The molecule has 0 saturated carbocycles. The zero-order valence-corrected chi connectivity index (χ0v) is 28.0. The number of nitrogens with zero attached hydrogens (tertiary/aromatic N) is 1. The quantitative estimate of drug-likeness (QED) is 0.162. The number of anilines is 4. The van der Waals surface area contributed by atoms with Crippen LogP contribution >= 0.6 is 31.9 Å². The Morgan fingerprint density at radius 3 is 1.41 bits per heavy atom. The summed E-state index contributed by atoms with van der Waals surface area (Å²) in [5, 5.41) is 13.3. The Bertz CT molecular complexity index is 1250. The molecular formula is C33H39BBr2N2O3. The Morgan fingerprint density at radius 1 is 0.732 bits per heavy atom. The van der Waals surface area contributed by atoms with E-state index in [0.717, 1.165) is 31.7 Å². The molecule has 0 aliphatic carbocycles. The predicted molar refractivity (Wildman–Crippen MR) is 181 cm³/mol. The SMILES string of the molecule is CB(O)N(c1ccc(C)cc1)c1ccc(Br)cc1.CC(=O)OC(C)(C)C.Cc1ccc(Nc2ccc(Br)cc2)cc1. The molecule has 0 saturated heterocycles. The highest BCUT2D eigenvalue weighted by atomic mass is 79.9. The van der Waals surface area contributed by atoms with Crippen molar-refractivity contribution in [1.82, 2.24) is 0 Å². The predicted octanol–water partition coefficient (Wildman–Crippen LogP) is 9.86. The summed E-state index contributed by atoms with van der Waals surface area (Å²) in [6.07, 6.45) is 0. The van der Waals surface area contributed by atoms with Crippen LogP contribution < -0.4 is 10.1 Å². The number of carbonyl (C=O) groups excluding carboxylic acids is 1. The van der Waals surface area contributed by atoms with Crippen molar-refractivity contribution >= 4 is 67.6 Å². The van der Waals surface area contributed by atoms with E-state index in [0.29, 0.717) is 0 Å². The molecule has 4 aromatic rings. The minimum atomic E-state index is -0.575. The van der Waals surface area contributed by atoms with Crippen LogP contribution in [0.5, 0.6) is 0 Å². The van der Waals surface area contributed by atoms with Crippen molar-refractivity contribution in [2.24, 2.45) is 0 Å². The Morgan fingerprint density at radius 2 is 1.07 bits per heavy atom. The zero-order chi connectivity index (χ0) is 30.6. The number of nitrogens with one attached hydrogen (secondary N) is 1. The van der Waals surface area contributed by atoms with Crippen LogP contribution in [0.3, 0.4) is 0 Å². The highest BCUT2D eigenvalue weighted by molar-refractivity contribution is 9.10. The number of hydrogen-bond donors (Lipinski definition) is 2. The maximum atomic E-state index is 10.2. The summed E-state index contributed by atoms with van der Waals surface area (Å²) >= 11 is 6.83. The topological polar surface area (TPSA) is 61.8 Å². The van der Waals surface area contributed by atoms with Gasteiger partial charge in [0, 0.05) is 38.6 Å². The van der Waals surface area contributed by atoms with Crippen molar-refractivity contribution in [1.29, 1.82) is 0 Å². The van der Waals surface area contributed by atoms with E-state index in [-0.39, 0.29) is 11.6 Å².